The van der Waals surface area contributed by atoms with Crippen LogP contribution in [-0.2, 0) is 4.74 Å². The Labute approximate surface area is 86.1 Å². The van der Waals surface area contributed by atoms with Gasteiger partial charge in [0, 0.05) is 12.0 Å². The maximum atomic E-state index is 9.09. The quantitative estimate of drug-likeness (QED) is 0.683. The summed E-state index contributed by atoms with van der Waals surface area (Å²) < 4.78 is 5.51. The molecule has 1 fully saturated rings. The first kappa shape index (κ1) is 12.0. The highest BCUT2D eigenvalue weighted by atomic mass is 16.5. The lowest BCUT2D eigenvalue weighted by molar-refractivity contribution is 0.0521. The maximum Gasteiger partial charge on any atom is 0.0576 e. The zero-order valence-electron chi connectivity index (χ0n) is 9.04. The van der Waals surface area contributed by atoms with E-state index in [-0.39, 0.29) is 18.6 Å². The Balaban J connectivity index is 2.12. The molecule has 0 aromatic rings. The number of aliphatic hydroxyl groups is 2. The number of hydrogen-bond donors (Lipinski definition) is 2. The third kappa shape index (κ3) is 3.56. The Kier molecular flexibility index (Phi) is 4.85. The van der Waals surface area contributed by atoms with Crippen LogP contribution in [0.15, 0.2) is 0 Å². The fraction of sp³-hybridized carbons (Fsp3) is 1.00. The Morgan fingerprint density at radius 2 is 2.07 bits per heavy atom. The van der Waals surface area contributed by atoms with Gasteiger partial charge >= 0.3 is 0 Å². The summed E-state index contributed by atoms with van der Waals surface area (Å²) in [6.07, 6.45) is 5.76. The van der Waals surface area contributed by atoms with Gasteiger partial charge in [-0.1, -0.05) is 13.3 Å². The Hall–Kier alpha value is -0.120. The SMILES string of the molecule is CC(CO)(CO)CCCC1CCCO1. The highest BCUT2D eigenvalue weighted by Crippen LogP contribution is 2.25. The molecule has 0 spiro atoms. The molecule has 0 saturated carbocycles. The fourth-order valence-corrected chi connectivity index (χ4v) is 1.84. The van der Waals surface area contributed by atoms with Gasteiger partial charge < -0.3 is 14.9 Å². The first-order valence-corrected chi connectivity index (χ1v) is 5.53. The van der Waals surface area contributed by atoms with Crippen molar-refractivity contribution in [1.82, 2.24) is 0 Å². The molecule has 3 heteroatoms. The molecule has 1 heterocycles. The first-order chi connectivity index (χ1) is 6.70. The highest BCUT2D eigenvalue weighted by molar-refractivity contribution is 4.73. The van der Waals surface area contributed by atoms with Gasteiger partial charge in [-0.25, -0.2) is 0 Å². The minimum atomic E-state index is -0.307. The third-order valence-electron chi connectivity index (χ3n) is 3.09. The monoisotopic (exact) mass is 202 g/mol. The van der Waals surface area contributed by atoms with E-state index >= 15 is 0 Å². The van der Waals surface area contributed by atoms with E-state index in [0.29, 0.717) is 6.10 Å². The average Bonchev–Trinajstić information content (AvgIpc) is 2.70. The molecule has 14 heavy (non-hydrogen) atoms. The maximum absolute atomic E-state index is 9.09. The third-order valence-corrected chi connectivity index (χ3v) is 3.09. The molecule has 1 aliphatic heterocycles. The molecule has 3 nitrogen and oxygen atoms in total. The van der Waals surface area contributed by atoms with Crippen molar-refractivity contribution in [3.8, 4) is 0 Å². The molecule has 1 aliphatic rings. The van der Waals surface area contributed by atoms with E-state index in [9.17, 15) is 0 Å². The van der Waals surface area contributed by atoms with E-state index < -0.39 is 0 Å². The minimum Gasteiger partial charge on any atom is -0.396 e. The van der Waals surface area contributed by atoms with Crippen LogP contribution >= 0.6 is 0 Å². The van der Waals surface area contributed by atoms with Crippen LogP contribution in [0.1, 0.15) is 39.0 Å². The van der Waals surface area contributed by atoms with Gasteiger partial charge in [0.15, 0.2) is 0 Å². The molecular formula is C11H22O3. The second-order valence-electron chi connectivity index (χ2n) is 4.65. The van der Waals surface area contributed by atoms with Gasteiger partial charge in [-0.15, -0.1) is 0 Å². The van der Waals surface area contributed by atoms with E-state index in [4.69, 9.17) is 14.9 Å². The lowest BCUT2D eigenvalue weighted by Gasteiger charge is -2.24. The number of aliphatic hydroxyl groups excluding tert-OH is 2. The summed E-state index contributed by atoms with van der Waals surface area (Å²) in [6, 6.07) is 0. The summed E-state index contributed by atoms with van der Waals surface area (Å²) >= 11 is 0. The first-order valence-electron chi connectivity index (χ1n) is 5.53. The van der Waals surface area contributed by atoms with Crippen molar-refractivity contribution in [2.75, 3.05) is 19.8 Å². The second kappa shape index (κ2) is 5.69. The predicted molar refractivity (Wildman–Crippen MR) is 55.1 cm³/mol. The molecule has 0 aromatic heterocycles. The summed E-state index contributed by atoms with van der Waals surface area (Å²) in [5.74, 6) is 0. The van der Waals surface area contributed by atoms with Crippen LogP contribution in [0, 0.1) is 5.41 Å². The van der Waals surface area contributed by atoms with Crippen molar-refractivity contribution in [2.45, 2.75) is 45.1 Å². The largest absolute Gasteiger partial charge is 0.396 e. The highest BCUT2D eigenvalue weighted by Gasteiger charge is 2.23. The minimum absolute atomic E-state index is 0.0645. The summed E-state index contributed by atoms with van der Waals surface area (Å²) in [6.45, 7) is 2.95. The molecule has 84 valence electrons. The lowest BCUT2D eigenvalue weighted by Crippen LogP contribution is -2.26. The van der Waals surface area contributed by atoms with Gasteiger partial charge in [-0.2, -0.15) is 0 Å². The van der Waals surface area contributed by atoms with Crippen LogP contribution in [0.25, 0.3) is 0 Å². The van der Waals surface area contributed by atoms with E-state index in [1.54, 1.807) is 0 Å². The molecule has 0 amide bonds. The van der Waals surface area contributed by atoms with Gasteiger partial charge in [0.05, 0.1) is 19.3 Å². The Morgan fingerprint density at radius 1 is 1.36 bits per heavy atom. The molecular weight excluding hydrogens is 180 g/mol. The van der Waals surface area contributed by atoms with E-state index in [1.165, 1.54) is 12.8 Å². The fourth-order valence-electron chi connectivity index (χ4n) is 1.84. The molecule has 0 bridgehead atoms. The van der Waals surface area contributed by atoms with Crippen LogP contribution in [0.2, 0.25) is 0 Å². The topological polar surface area (TPSA) is 49.7 Å². The molecule has 0 aromatic carbocycles. The van der Waals surface area contributed by atoms with Crippen molar-refractivity contribution in [3.63, 3.8) is 0 Å². The molecule has 1 atom stereocenters. The van der Waals surface area contributed by atoms with Crippen molar-refractivity contribution < 1.29 is 14.9 Å². The summed E-state index contributed by atoms with van der Waals surface area (Å²) in [5, 5.41) is 18.2. The van der Waals surface area contributed by atoms with Crippen LogP contribution < -0.4 is 0 Å². The van der Waals surface area contributed by atoms with Crippen LogP contribution in [0.5, 0.6) is 0 Å². The average molecular weight is 202 g/mol. The van der Waals surface area contributed by atoms with Gasteiger partial charge in [-0.3, -0.25) is 0 Å². The Bertz CT molecular complexity index is 149. The van der Waals surface area contributed by atoms with Gasteiger partial charge in [0.1, 0.15) is 0 Å². The normalized spacial score (nSPS) is 22.9. The molecule has 1 saturated heterocycles. The number of hydrogen-bond acceptors (Lipinski definition) is 3. The standard InChI is InChI=1S/C11H22O3/c1-11(8-12,9-13)6-2-4-10-5-3-7-14-10/h10,12-13H,2-9H2,1H3. The second-order valence-corrected chi connectivity index (χ2v) is 4.65. The predicted octanol–water partition coefficient (Wildman–Crippen LogP) is 1.33. The summed E-state index contributed by atoms with van der Waals surface area (Å²) in [7, 11) is 0. The van der Waals surface area contributed by atoms with Crippen molar-refractivity contribution in [1.29, 1.82) is 0 Å². The van der Waals surface area contributed by atoms with Crippen LogP contribution in [-0.4, -0.2) is 36.1 Å². The number of ether oxygens (including phenoxy) is 1. The molecule has 1 rings (SSSR count). The Morgan fingerprint density at radius 3 is 2.57 bits per heavy atom. The van der Waals surface area contributed by atoms with Crippen molar-refractivity contribution in [2.24, 2.45) is 5.41 Å². The van der Waals surface area contributed by atoms with Crippen molar-refractivity contribution in [3.05, 3.63) is 0 Å². The molecule has 0 aliphatic carbocycles. The summed E-state index contributed by atoms with van der Waals surface area (Å²) in [5.41, 5.74) is -0.307. The van der Waals surface area contributed by atoms with Crippen LogP contribution in [0.4, 0.5) is 0 Å². The molecule has 1 unspecified atom stereocenters. The van der Waals surface area contributed by atoms with E-state index in [1.807, 2.05) is 6.92 Å². The molecule has 0 radical (unpaired) electrons. The lowest BCUT2D eigenvalue weighted by atomic mass is 9.86. The van der Waals surface area contributed by atoms with E-state index in [0.717, 1.165) is 25.9 Å². The smallest absolute Gasteiger partial charge is 0.0576 e. The van der Waals surface area contributed by atoms with Gasteiger partial charge in [-0.05, 0) is 25.7 Å². The van der Waals surface area contributed by atoms with Crippen molar-refractivity contribution >= 4 is 0 Å². The van der Waals surface area contributed by atoms with Gasteiger partial charge in [0.25, 0.3) is 0 Å². The number of rotatable bonds is 6. The zero-order valence-corrected chi connectivity index (χ0v) is 9.04. The van der Waals surface area contributed by atoms with Crippen LogP contribution in [0.3, 0.4) is 0 Å². The van der Waals surface area contributed by atoms with E-state index in [2.05, 4.69) is 0 Å². The molecule has 2 N–H and O–H groups in total. The zero-order chi connectivity index (χ0) is 10.4. The summed E-state index contributed by atoms with van der Waals surface area (Å²) in [4.78, 5) is 0. The van der Waals surface area contributed by atoms with Gasteiger partial charge in [0.2, 0.25) is 0 Å².